The summed E-state index contributed by atoms with van der Waals surface area (Å²) < 4.78 is 88.2. The molecule has 2 saturated heterocycles. The van der Waals surface area contributed by atoms with Crippen LogP contribution in [-0.4, -0.2) is 53.0 Å². The van der Waals surface area contributed by atoms with Gasteiger partial charge in [0.1, 0.15) is 16.8 Å². The van der Waals surface area contributed by atoms with Crippen molar-refractivity contribution in [1.29, 1.82) is 0 Å². The van der Waals surface area contributed by atoms with E-state index in [1.807, 2.05) is 6.08 Å². The Bertz CT molecular complexity index is 936. The third-order valence-electron chi connectivity index (χ3n) is 10.3. The fraction of sp³-hybridized carbons (Fsp3) is 0.920. The van der Waals surface area contributed by atoms with Crippen LogP contribution in [0.3, 0.4) is 0 Å². The number of hydrogen-bond acceptors (Lipinski definition) is 4. The first-order valence-electron chi connectivity index (χ1n) is 12.4. The summed E-state index contributed by atoms with van der Waals surface area (Å²) in [5.41, 5.74) is -4.60. The second-order valence-electron chi connectivity index (χ2n) is 12.8. The van der Waals surface area contributed by atoms with E-state index in [-0.39, 0.29) is 24.2 Å². The van der Waals surface area contributed by atoms with Crippen molar-refractivity contribution in [2.45, 2.75) is 107 Å². The molecule has 0 aromatic rings. The molecule has 4 nitrogen and oxygen atoms in total. The molecule has 6 atom stereocenters. The Hall–Kier alpha value is -0.770. The molecule has 9 heteroatoms. The van der Waals surface area contributed by atoms with E-state index < -0.39 is 52.4 Å². The zero-order valence-corrected chi connectivity index (χ0v) is 19.9. The number of fused-ring (bicyclic) bond motifs is 3. The molecule has 0 aromatic carbocycles. The van der Waals surface area contributed by atoms with Crippen LogP contribution in [0.5, 0.6) is 0 Å². The highest BCUT2D eigenvalue weighted by Gasteiger charge is 2.82. The lowest BCUT2D eigenvalue weighted by atomic mass is 9.52. The fourth-order valence-electron chi connectivity index (χ4n) is 8.34. The van der Waals surface area contributed by atoms with Crippen molar-refractivity contribution in [3.8, 4) is 0 Å². The van der Waals surface area contributed by atoms with Crippen LogP contribution in [0.1, 0.15) is 72.1 Å². The van der Waals surface area contributed by atoms with Crippen molar-refractivity contribution in [2.75, 3.05) is 13.2 Å². The molecule has 2 heterocycles. The number of ether oxygens (including phenoxy) is 3. The fourth-order valence-corrected chi connectivity index (χ4v) is 8.34. The van der Waals surface area contributed by atoms with Crippen LogP contribution >= 0.6 is 0 Å². The lowest BCUT2D eigenvalue weighted by Gasteiger charge is -2.54. The molecule has 192 valence electrons. The molecular weight excluding hydrogens is 459 g/mol. The van der Waals surface area contributed by atoms with Crippen molar-refractivity contribution in [2.24, 2.45) is 22.7 Å². The second-order valence-corrected chi connectivity index (χ2v) is 12.8. The number of halogens is 5. The maximum absolute atomic E-state index is 14.6. The molecule has 34 heavy (non-hydrogen) atoms. The van der Waals surface area contributed by atoms with E-state index in [2.05, 4.69) is 13.8 Å². The predicted octanol–water partition coefficient (Wildman–Crippen LogP) is 5.53. The topological polar surface area (TPSA) is 51.2 Å². The van der Waals surface area contributed by atoms with E-state index in [0.717, 1.165) is 5.57 Å². The maximum Gasteiger partial charge on any atom is 0.456 e. The lowest BCUT2D eigenvalue weighted by Crippen LogP contribution is -2.65. The zero-order chi connectivity index (χ0) is 24.6. The Morgan fingerprint density at radius 1 is 0.941 bits per heavy atom. The average Bonchev–Trinajstić information content (AvgIpc) is 3.35. The maximum atomic E-state index is 14.6. The van der Waals surface area contributed by atoms with Crippen molar-refractivity contribution in [1.82, 2.24) is 0 Å². The van der Waals surface area contributed by atoms with Gasteiger partial charge in [-0.15, -0.1) is 0 Å². The van der Waals surface area contributed by atoms with E-state index in [1.165, 1.54) is 6.92 Å². The molecule has 0 amide bonds. The van der Waals surface area contributed by atoms with Crippen LogP contribution < -0.4 is 0 Å². The summed E-state index contributed by atoms with van der Waals surface area (Å²) in [5.74, 6) is -6.44. The largest absolute Gasteiger partial charge is 0.456 e. The molecular formula is C25H33F5O4. The van der Waals surface area contributed by atoms with Crippen LogP contribution in [0.2, 0.25) is 0 Å². The Kier molecular flexibility index (Phi) is 4.43. The molecule has 1 N–H and O–H groups in total. The predicted molar refractivity (Wildman–Crippen MR) is 111 cm³/mol. The van der Waals surface area contributed by atoms with Crippen molar-refractivity contribution < 1.29 is 41.3 Å². The number of alkyl halides is 5. The molecule has 1 spiro atoms. The van der Waals surface area contributed by atoms with Gasteiger partial charge in [0.2, 0.25) is 0 Å². The Balaban J connectivity index is 1.29. The van der Waals surface area contributed by atoms with Crippen LogP contribution in [0.4, 0.5) is 22.0 Å². The van der Waals surface area contributed by atoms with Gasteiger partial charge in [0.05, 0.1) is 13.2 Å². The highest BCUT2D eigenvalue weighted by Crippen LogP contribution is 2.75. The SMILES string of the molecule is CC1(C)COC2(CCC34O[C@]3(CC[C@@H]3C4=CC[C@@]4(C)[C@H]3CC[C@@]4(O)C(F)(F)C(F)(F)F)C2)OC1. The summed E-state index contributed by atoms with van der Waals surface area (Å²) >= 11 is 0. The Morgan fingerprint density at radius 3 is 2.26 bits per heavy atom. The smallest absolute Gasteiger partial charge is 0.383 e. The van der Waals surface area contributed by atoms with Gasteiger partial charge in [0.25, 0.3) is 0 Å². The minimum atomic E-state index is -5.80. The first kappa shape index (κ1) is 23.6. The second kappa shape index (κ2) is 6.37. The monoisotopic (exact) mass is 492 g/mol. The van der Waals surface area contributed by atoms with E-state index in [9.17, 15) is 27.1 Å². The summed E-state index contributed by atoms with van der Waals surface area (Å²) in [6, 6.07) is 0. The number of aliphatic hydroxyl groups is 1. The van der Waals surface area contributed by atoms with Gasteiger partial charge in [0, 0.05) is 23.7 Å². The molecule has 4 aliphatic carbocycles. The molecule has 1 unspecified atom stereocenters. The molecule has 0 bridgehead atoms. The van der Waals surface area contributed by atoms with E-state index in [4.69, 9.17) is 14.2 Å². The lowest BCUT2D eigenvalue weighted by molar-refractivity contribution is -0.361. The molecule has 6 rings (SSSR count). The quantitative estimate of drug-likeness (QED) is 0.297. The highest BCUT2D eigenvalue weighted by atomic mass is 19.4. The van der Waals surface area contributed by atoms with Gasteiger partial charge in [-0.2, -0.15) is 22.0 Å². The minimum absolute atomic E-state index is 0.0147. The van der Waals surface area contributed by atoms with Crippen LogP contribution in [-0.2, 0) is 14.2 Å². The summed E-state index contributed by atoms with van der Waals surface area (Å²) in [7, 11) is 0. The molecule has 5 fully saturated rings. The van der Waals surface area contributed by atoms with Gasteiger partial charge >= 0.3 is 12.1 Å². The Labute approximate surface area is 196 Å². The van der Waals surface area contributed by atoms with Crippen LogP contribution in [0.25, 0.3) is 0 Å². The molecule has 6 aliphatic rings. The molecule has 3 saturated carbocycles. The highest BCUT2D eigenvalue weighted by molar-refractivity contribution is 5.44. The number of allylic oxidation sites excluding steroid dienone is 1. The van der Waals surface area contributed by atoms with Gasteiger partial charge in [0.15, 0.2) is 5.79 Å². The minimum Gasteiger partial charge on any atom is -0.383 e. The summed E-state index contributed by atoms with van der Waals surface area (Å²) in [4.78, 5) is 0. The first-order chi connectivity index (χ1) is 15.6. The Morgan fingerprint density at radius 2 is 1.62 bits per heavy atom. The van der Waals surface area contributed by atoms with Crippen molar-refractivity contribution in [3.05, 3.63) is 11.6 Å². The van der Waals surface area contributed by atoms with E-state index in [0.29, 0.717) is 45.3 Å². The van der Waals surface area contributed by atoms with Crippen molar-refractivity contribution in [3.63, 3.8) is 0 Å². The summed E-state index contributed by atoms with van der Waals surface area (Å²) in [6.45, 7) is 6.83. The summed E-state index contributed by atoms with van der Waals surface area (Å²) in [5, 5.41) is 10.9. The zero-order valence-electron chi connectivity index (χ0n) is 19.9. The van der Waals surface area contributed by atoms with Gasteiger partial charge in [-0.25, -0.2) is 0 Å². The van der Waals surface area contributed by atoms with Crippen LogP contribution in [0, 0.1) is 22.7 Å². The van der Waals surface area contributed by atoms with Gasteiger partial charge in [-0.05, 0) is 55.9 Å². The van der Waals surface area contributed by atoms with Gasteiger partial charge in [-0.3, -0.25) is 0 Å². The average molecular weight is 493 g/mol. The third kappa shape index (κ3) is 2.63. The third-order valence-corrected chi connectivity index (χ3v) is 10.3. The van der Waals surface area contributed by atoms with E-state index >= 15 is 0 Å². The van der Waals surface area contributed by atoms with Gasteiger partial charge < -0.3 is 19.3 Å². The molecule has 2 aliphatic heterocycles. The molecule has 0 radical (unpaired) electrons. The van der Waals surface area contributed by atoms with Crippen molar-refractivity contribution >= 4 is 0 Å². The number of hydrogen-bond donors (Lipinski definition) is 1. The normalized spacial score (nSPS) is 48.9. The number of epoxide rings is 1. The molecule has 0 aromatic heterocycles. The van der Waals surface area contributed by atoms with Crippen LogP contribution in [0.15, 0.2) is 11.6 Å². The van der Waals surface area contributed by atoms with Gasteiger partial charge in [-0.1, -0.05) is 26.8 Å². The first-order valence-corrected chi connectivity index (χ1v) is 12.4. The number of rotatable bonds is 1. The standard InChI is InChI=1S/C25H33F5O4/c1-18(2)13-32-21(33-14-18)10-11-22-17-5-7-19(3)16(15(17)4-8-20(22,12-21)34-22)6-9-23(19,31)24(26,27)25(28,29)30/h5,15-16,31H,4,6-14H2,1-3H3/t15-,16-,19-,20+,22?,23-/m0/s1. The summed E-state index contributed by atoms with van der Waals surface area (Å²) in [6.07, 6.45) is -1.11. The van der Waals surface area contributed by atoms with E-state index in [1.54, 1.807) is 0 Å².